The van der Waals surface area contributed by atoms with Crippen molar-refractivity contribution >= 4 is 24.0 Å². The van der Waals surface area contributed by atoms with Crippen molar-refractivity contribution in [3.8, 4) is 33.6 Å². The van der Waals surface area contributed by atoms with Crippen molar-refractivity contribution in [3.05, 3.63) is 72.6 Å². The molecule has 14 nitrogen and oxygen atoms in total. The maximum absolute atomic E-state index is 13.9. The second kappa shape index (κ2) is 16.1. The summed E-state index contributed by atoms with van der Waals surface area (Å²) in [4.78, 5) is 72.0. The molecule has 3 fully saturated rings. The molecule has 14 heteroatoms. The first kappa shape index (κ1) is 39.6. The van der Waals surface area contributed by atoms with Crippen molar-refractivity contribution in [1.29, 1.82) is 0 Å². The summed E-state index contributed by atoms with van der Waals surface area (Å²) >= 11 is 0. The van der Waals surface area contributed by atoms with Crippen LogP contribution in [0.25, 0.3) is 33.6 Å². The Morgan fingerprint density at radius 1 is 0.649 bits per heavy atom. The van der Waals surface area contributed by atoms with Crippen molar-refractivity contribution in [1.82, 2.24) is 40.4 Å². The number of nitrogens with one attached hydrogen (secondary N) is 4. The molecule has 1 aliphatic carbocycles. The molecule has 2 saturated heterocycles. The number of aromatic nitrogens is 4. The molecule has 4 N–H and O–H groups in total. The smallest absolute Gasteiger partial charge is 0.407 e. The number of piperidine rings is 1. The number of hydrogen-bond donors (Lipinski definition) is 4. The second-order valence-corrected chi connectivity index (χ2v) is 16.5. The molecule has 4 aromatic rings. The lowest BCUT2D eigenvalue weighted by Crippen LogP contribution is -2.53. The molecule has 4 heterocycles. The number of carbonyl (C=O) groups is 4. The first-order valence-electron chi connectivity index (χ1n) is 19.9. The molecular weight excluding hydrogens is 725 g/mol. The van der Waals surface area contributed by atoms with Gasteiger partial charge in [-0.25, -0.2) is 19.6 Å². The third-order valence-electron chi connectivity index (χ3n) is 12.1. The van der Waals surface area contributed by atoms with Gasteiger partial charge in [0.15, 0.2) is 0 Å². The predicted octanol–water partition coefficient (Wildman–Crippen LogP) is 6.85. The van der Waals surface area contributed by atoms with Crippen LogP contribution in [0.3, 0.4) is 0 Å². The molecule has 3 unspecified atom stereocenters. The van der Waals surface area contributed by atoms with E-state index in [1.54, 1.807) is 0 Å². The predicted molar refractivity (Wildman–Crippen MR) is 214 cm³/mol. The van der Waals surface area contributed by atoms with Gasteiger partial charge in [0.25, 0.3) is 0 Å². The van der Waals surface area contributed by atoms with Crippen molar-refractivity contribution in [2.45, 2.75) is 97.1 Å². The maximum Gasteiger partial charge on any atom is 0.407 e. The molecule has 0 radical (unpaired) electrons. The molecule has 57 heavy (non-hydrogen) atoms. The molecule has 3 aliphatic rings. The van der Waals surface area contributed by atoms with Gasteiger partial charge in [-0.3, -0.25) is 9.59 Å². The average molecular weight is 779 g/mol. The van der Waals surface area contributed by atoms with Gasteiger partial charge in [0, 0.05) is 12.1 Å². The van der Waals surface area contributed by atoms with Gasteiger partial charge in [0.1, 0.15) is 23.7 Å². The second-order valence-electron chi connectivity index (χ2n) is 16.5. The number of H-pyrrole nitrogens is 2. The Kier molecular flexibility index (Phi) is 11.2. The molecule has 8 atom stereocenters. The number of rotatable bonds is 11. The number of benzene rings is 2. The fraction of sp³-hybridized carbons (Fsp3) is 0.488. The number of nitrogens with zero attached hydrogens (tertiary/aromatic N) is 4. The molecule has 2 aromatic heterocycles. The first-order valence-corrected chi connectivity index (χ1v) is 19.9. The number of methoxy groups -OCH3 is 2. The lowest BCUT2D eigenvalue weighted by atomic mass is 10.0. The monoisotopic (exact) mass is 778 g/mol. The van der Waals surface area contributed by atoms with Gasteiger partial charge in [0.05, 0.1) is 50.1 Å². The standard InChI is InChI=1S/C43H54N8O6/c1-22(2)36(48-42(54)56-7)40(52)50-25(6)24(5)17-34(50)38-44-20-31(46-38)28-13-9-26(10-14-28)27-11-15-29(16-12-27)32-21-45-39(47-32)35-19-30-18-33(30)51(35)41(53)37(23(3)4)49-43(55)57-8/h9-16,20-25,30,33-37H,17-19H2,1-8H3,(H,44,46)(H,45,47)(H,48,54)(H,49,55)/t24-,25?,30-,33-,34?,35?,36-,37-/m0/s1. The van der Waals surface area contributed by atoms with Crippen LogP contribution in [0, 0.1) is 23.7 Å². The molecule has 2 aromatic carbocycles. The summed E-state index contributed by atoms with van der Waals surface area (Å²) in [6.07, 6.45) is 4.96. The Morgan fingerprint density at radius 3 is 1.51 bits per heavy atom. The van der Waals surface area contributed by atoms with Crippen LogP contribution in [0.1, 0.15) is 84.5 Å². The Balaban J connectivity index is 1.03. The summed E-state index contributed by atoms with van der Waals surface area (Å²) in [5, 5.41) is 5.46. The van der Waals surface area contributed by atoms with E-state index in [0.29, 0.717) is 5.92 Å². The molecule has 0 spiro atoms. The Labute approximate surface area is 333 Å². The summed E-state index contributed by atoms with van der Waals surface area (Å²) in [6.45, 7) is 11.8. The minimum Gasteiger partial charge on any atom is -0.453 e. The number of imidazole rings is 2. The van der Waals surface area contributed by atoms with Crippen LogP contribution in [0.2, 0.25) is 0 Å². The number of hydrogen-bond acceptors (Lipinski definition) is 8. The van der Waals surface area contributed by atoms with Crippen molar-refractivity contribution in [2.75, 3.05) is 14.2 Å². The Morgan fingerprint density at radius 2 is 1.07 bits per heavy atom. The highest BCUT2D eigenvalue weighted by atomic mass is 16.5. The molecule has 4 amide bonds. The summed E-state index contributed by atoms with van der Waals surface area (Å²) in [6, 6.07) is 14.9. The molecule has 2 aliphatic heterocycles. The van der Waals surface area contributed by atoms with E-state index in [-0.39, 0.29) is 53.7 Å². The highest BCUT2D eigenvalue weighted by molar-refractivity contribution is 5.88. The zero-order chi connectivity index (χ0) is 40.7. The largest absolute Gasteiger partial charge is 0.453 e. The van der Waals surface area contributed by atoms with Gasteiger partial charge >= 0.3 is 12.2 Å². The molecule has 1 saturated carbocycles. The van der Waals surface area contributed by atoms with Crippen LogP contribution in [-0.2, 0) is 19.1 Å². The molecule has 7 rings (SSSR count). The normalized spacial score (nSPS) is 23.6. The van der Waals surface area contributed by atoms with E-state index >= 15 is 0 Å². The third-order valence-corrected chi connectivity index (χ3v) is 12.1. The summed E-state index contributed by atoms with van der Waals surface area (Å²) in [5.74, 6) is 1.69. The molecule has 0 bridgehead atoms. The number of amides is 4. The topological polar surface area (TPSA) is 175 Å². The van der Waals surface area contributed by atoms with E-state index in [0.717, 1.165) is 64.6 Å². The van der Waals surface area contributed by atoms with Crippen LogP contribution in [0.4, 0.5) is 9.59 Å². The number of alkyl carbamates (subject to hydrolysis) is 2. The third kappa shape index (κ3) is 7.86. The van der Waals surface area contributed by atoms with Crippen LogP contribution < -0.4 is 10.6 Å². The zero-order valence-corrected chi connectivity index (χ0v) is 33.9. The highest BCUT2D eigenvalue weighted by Gasteiger charge is 2.56. The fourth-order valence-electron chi connectivity index (χ4n) is 8.55. The van der Waals surface area contributed by atoms with Gasteiger partial charge in [-0.1, -0.05) is 83.1 Å². The van der Waals surface area contributed by atoms with E-state index in [2.05, 4.69) is 76.1 Å². The molecular formula is C43H54N8O6. The van der Waals surface area contributed by atoms with Gasteiger partial charge in [-0.2, -0.15) is 0 Å². The van der Waals surface area contributed by atoms with Crippen LogP contribution >= 0.6 is 0 Å². The van der Waals surface area contributed by atoms with E-state index in [1.165, 1.54) is 14.2 Å². The quantitative estimate of drug-likeness (QED) is 0.128. The minimum atomic E-state index is -0.715. The van der Waals surface area contributed by atoms with E-state index < -0.39 is 24.3 Å². The van der Waals surface area contributed by atoms with Crippen LogP contribution in [0.5, 0.6) is 0 Å². The number of ether oxygens (including phenoxy) is 2. The summed E-state index contributed by atoms with van der Waals surface area (Å²) in [7, 11) is 2.59. The van der Waals surface area contributed by atoms with Gasteiger partial charge < -0.3 is 39.9 Å². The van der Waals surface area contributed by atoms with Crippen molar-refractivity contribution < 1.29 is 28.7 Å². The highest BCUT2D eigenvalue weighted by Crippen LogP contribution is 2.53. The average Bonchev–Trinajstić information content (AvgIpc) is 3.64. The summed E-state index contributed by atoms with van der Waals surface area (Å²) in [5.41, 5.74) is 5.80. The lowest BCUT2D eigenvalue weighted by molar-refractivity contribution is -0.138. The van der Waals surface area contributed by atoms with Crippen LogP contribution in [0.15, 0.2) is 60.9 Å². The van der Waals surface area contributed by atoms with Gasteiger partial charge in [0.2, 0.25) is 11.8 Å². The maximum atomic E-state index is 13.9. The zero-order valence-electron chi connectivity index (χ0n) is 33.9. The Bertz CT molecular complexity index is 2090. The van der Waals surface area contributed by atoms with Gasteiger partial charge in [-0.05, 0) is 72.1 Å². The number of carbonyl (C=O) groups excluding carboxylic acids is 4. The van der Waals surface area contributed by atoms with E-state index in [4.69, 9.17) is 19.4 Å². The van der Waals surface area contributed by atoms with Gasteiger partial charge in [-0.15, -0.1) is 0 Å². The van der Waals surface area contributed by atoms with E-state index in [9.17, 15) is 19.2 Å². The molecule has 302 valence electrons. The fourth-order valence-corrected chi connectivity index (χ4v) is 8.55. The van der Waals surface area contributed by atoms with Crippen LogP contribution in [-0.4, -0.2) is 92.1 Å². The number of aromatic amines is 2. The number of fused-ring (bicyclic) bond motifs is 1. The lowest BCUT2D eigenvalue weighted by Gasteiger charge is -2.33. The minimum absolute atomic E-state index is 0.0302. The number of likely N-dealkylation sites (tertiary alicyclic amines) is 2. The SMILES string of the molecule is COC(=O)N[C@H](C(=O)N1C(c2ncc(-c3ccc(-c4ccc(-c5cnc(C6C[C@@H]7C[C@@H]7N6C(=O)[C@@H](NC(=O)OC)C(C)C)[nH]5)cc4)cc3)[nH]2)C[C@H](C)C1C)C(C)C. The van der Waals surface area contributed by atoms with Crippen molar-refractivity contribution in [3.63, 3.8) is 0 Å². The van der Waals surface area contributed by atoms with E-state index in [1.807, 2.05) is 56.8 Å². The Hall–Kier alpha value is -5.66. The summed E-state index contributed by atoms with van der Waals surface area (Å²) < 4.78 is 9.59. The van der Waals surface area contributed by atoms with Crippen molar-refractivity contribution in [2.24, 2.45) is 23.7 Å². The first-order chi connectivity index (χ1) is 27.3.